The van der Waals surface area contributed by atoms with Crippen LogP contribution in [0.25, 0.3) is 0 Å². The fraction of sp³-hybridized carbons (Fsp3) is 0.226. The Morgan fingerprint density at radius 2 is 1.82 bits per heavy atom. The number of hydrogen-bond acceptors (Lipinski definition) is 11. The molecule has 0 saturated carbocycles. The molecular formula is C31H30N6O7. The summed E-state index contributed by atoms with van der Waals surface area (Å²) in [5.74, 6) is 0.741. The summed E-state index contributed by atoms with van der Waals surface area (Å²) in [6.45, 7) is 5.75. The van der Waals surface area contributed by atoms with Gasteiger partial charge in [0, 0.05) is 24.7 Å². The number of anilines is 2. The number of likely N-dealkylation sites (tertiary alicyclic amines) is 1. The van der Waals surface area contributed by atoms with Gasteiger partial charge in [0.1, 0.15) is 29.5 Å². The van der Waals surface area contributed by atoms with Crippen molar-refractivity contribution < 1.29 is 27.9 Å². The van der Waals surface area contributed by atoms with E-state index < -0.39 is 11.9 Å². The van der Waals surface area contributed by atoms with Crippen molar-refractivity contribution in [3.8, 4) is 11.5 Å². The Morgan fingerprint density at radius 3 is 2.52 bits per heavy atom. The van der Waals surface area contributed by atoms with E-state index >= 15 is 0 Å². The van der Waals surface area contributed by atoms with Crippen molar-refractivity contribution in [1.82, 2.24) is 14.9 Å². The number of para-hydroxylation sites is 1. The third kappa shape index (κ3) is 7.18. The SMILES string of the molecule is C=CC(=O)N1CCC[C@@H](Nc2ncnc(NC(=O)OCc3oc(=O)oc3C)c2C(=N)c2ccc(Oc3ccccc3)cc2)C1. The lowest BCUT2D eigenvalue weighted by molar-refractivity contribution is -0.127. The Labute approximate surface area is 252 Å². The fourth-order valence-corrected chi connectivity index (χ4v) is 4.67. The number of benzene rings is 2. The highest BCUT2D eigenvalue weighted by Gasteiger charge is 2.26. The van der Waals surface area contributed by atoms with Gasteiger partial charge in [-0.1, -0.05) is 24.8 Å². The molecule has 1 atom stereocenters. The first-order valence-corrected chi connectivity index (χ1v) is 13.8. The second-order valence-corrected chi connectivity index (χ2v) is 9.87. The zero-order valence-electron chi connectivity index (χ0n) is 23.9. The van der Waals surface area contributed by atoms with Crippen LogP contribution < -0.4 is 21.2 Å². The first-order chi connectivity index (χ1) is 21.3. The predicted octanol–water partition coefficient (Wildman–Crippen LogP) is 4.88. The summed E-state index contributed by atoms with van der Waals surface area (Å²) < 4.78 is 20.8. The van der Waals surface area contributed by atoms with Gasteiger partial charge in [-0.25, -0.2) is 19.6 Å². The molecule has 44 heavy (non-hydrogen) atoms. The highest BCUT2D eigenvalue weighted by Crippen LogP contribution is 2.28. The van der Waals surface area contributed by atoms with Crippen LogP contribution in [0.15, 0.2) is 87.2 Å². The van der Waals surface area contributed by atoms with E-state index in [0.29, 0.717) is 36.0 Å². The normalized spacial score (nSPS) is 14.4. The second kappa shape index (κ2) is 13.5. The number of piperidine rings is 1. The molecule has 4 aromatic rings. The van der Waals surface area contributed by atoms with Crippen molar-refractivity contribution in [3.63, 3.8) is 0 Å². The van der Waals surface area contributed by atoms with Gasteiger partial charge < -0.3 is 28.5 Å². The summed E-state index contributed by atoms with van der Waals surface area (Å²) in [4.78, 5) is 46.7. The molecule has 2 amide bonds. The Morgan fingerprint density at radius 1 is 1.09 bits per heavy atom. The Kier molecular flexibility index (Phi) is 9.13. The number of aromatic nitrogens is 2. The Balaban J connectivity index is 1.40. The molecule has 13 nitrogen and oxygen atoms in total. The molecule has 0 unspecified atom stereocenters. The number of ether oxygens (including phenoxy) is 2. The number of nitrogens with zero attached hydrogens (tertiary/aromatic N) is 3. The number of nitrogens with one attached hydrogen (secondary N) is 3. The van der Waals surface area contributed by atoms with Crippen LogP contribution in [0.1, 0.15) is 35.5 Å². The summed E-state index contributed by atoms with van der Waals surface area (Å²) in [6.07, 6.45) is 3.14. The number of aryl methyl sites for hydroxylation is 1. The molecule has 2 aromatic carbocycles. The lowest BCUT2D eigenvalue weighted by Gasteiger charge is -2.33. The first kappa shape index (κ1) is 29.8. The van der Waals surface area contributed by atoms with Crippen LogP contribution in [0.5, 0.6) is 11.5 Å². The molecule has 1 aliphatic rings. The Bertz CT molecular complexity index is 1720. The maximum atomic E-state index is 12.8. The monoisotopic (exact) mass is 598 g/mol. The van der Waals surface area contributed by atoms with Crippen LogP contribution in [0.2, 0.25) is 0 Å². The Hall–Kier alpha value is -5.72. The lowest BCUT2D eigenvalue weighted by Crippen LogP contribution is -2.44. The smallest absolute Gasteiger partial charge is 0.457 e. The average Bonchev–Trinajstić information content (AvgIpc) is 3.36. The van der Waals surface area contributed by atoms with E-state index in [2.05, 4.69) is 27.2 Å². The van der Waals surface area contributed by atoms with E-state index in [4.69, 9.17) is 23.7 Å². The van der Waals surface area contributed by atoms with E-state index in [0.717, 1.165) is 12.8 Å². The summed E-state index contributed by atoms with van der Waals surface area (Å²) in [5, 5.41) is 15.0. The van der Waals surface area contributed by atoms with Crippen LogP contribution in [0.3, 0.4) is 0 Å². The number of amides is 2. The summed E-state index contributed by atoms with van der Waals surface area (Å²) >= 11 is 0. The first-order valence-electron chi connectivity index (χ1n) is 13.8. The fourth-order valence-electron chi connectivity index (χ4n) is 4.67. The molecule has 1 saturated heterocycles. The highest BCUT2D eigenvalue weighted by molar-refractivity contribution is 6.17. The molecule has 1 aliphatic heterocycles. The number of carbonyl (C=O) groups is 2. The van der Waals surface area contributed by atoms with Crippen molar-refractivity contribution >= 4 is 29.3 Å². The minimum atomic E-state index is -0.904. The quantitative estimate of drug-likeness (QED) is 0.169. The van der Waals surface area contributed by atoms with Gasteiger partial charge in [0.05, 0.1) is 11.3 Å². The van der Waals surface area contributed by atoms with E-state index in [9.17, 15) is 14.4 Å². The van der Waals surface area contributed by atoms with Gasteiger partial charge in [0.25, 0.3) is 0 Å². The molecule has 3 N–H and O–H groups in total. The molecule has 0 radical (unpaired) electrons. The molecule has 1 fully saturated rings. The topological polar surface area (TPSA) is 173 Å². The molecule has 0 spiro atoms. The van der Waals surface area contributed by atoms with E-state index in [1.165, 1.54) is 19.3 Å². The minimum Gasteiger partial charge on any atom is -0.457 e. The minimum absolute atomic E-state index is 0.0150. The van der Waals surface area contributed by atoms with Crippen LogP contribution in [0.4, 0.5) is 16.4 Å². The second-order valence-electron chi connectivity index (χ2n) is 9.87. The molecule has 0 aliphatic carbocycles. The predicted molar refractivity (Wildman–Crippen MR) is 160 cm³/mol. The maximum absolute atomic E-state index is 12.8. The van der Waals surface area contributed by atoms with Crippen LogP contribution in [0, 0.1) is 12.3 Å². The molecule has 13 heteroatoms. The number of hydrogen-bond donors (Lipinski definition) is 3. The van der Waals surface area contributed by atoms with Gasteiger partial charge in [-0.2, -0.15) is 0 Å². The largest absolute Gasteiger partial charge is 0.519 e. The van der Waals surface area contributed by atoms with Gasteiger partial charge in [0.2, 0.25) is 5.91 Å². The summed E-state index contributed by atoms with van der Waals surface area (Å²) in [5.41, 5.74) is 0.725. The van der Waals surface area contributed by atoms with Crippen LogP contribution in [-0.2, 0) is 16.1 Å². The zero-order chi connectivity index (χ0) is 31.1. The lowest BCUT2D eigenvalue weighted by atomic mass is 10.0. The molecule has 226 valence electrons. The van der Waals surface area contributed by atoms with Gasteiger partial charge in [-0.3, -0.25) is 15.5 Å². The molecule has 2 aromatic heterocycles. The van der Waals surface area contributed by atoms with E-state index in [-0.39, 0.29) is 47.2 Å². The van der Waals surface area contributed by atoms with Crippen molar-refractivity contribution in [3.05, 3.63) is 107 Å². The summed E-state index contributed by atoms with van der Waals surface area (Å²) in [7, 11) is 0. The molecular weight excluding hydrogens is 568 g/mol. The van der Waals surface area contributed by atoms with Gasteiger partial charge in [0.15, 0.2) is 18.1 Å². The zero-order valence-corrected chi connectivity index (χ0v) is 23.9. The molecule has 5 rings (SSSR count). The summed E-state index contributed by atoms with van der Waals surface area (Å²) in [6, 6.07) is 16.0. The van der Waals surface area contributed by atoms with Gasteiger partial charge >= 0.3 is 11.9 Å². The third-order valence-corrected chi connectivity index (χ3v) is 6.86. The molecule has 0 bridgehead atoms. The average molecular weight is 599 g/mol. The van der Waals surface area contributed by atoms with Crippen molar-refractivity contribution in [1.29, 1.82) is 5.41 Å². The standard InChI is InChI=1S/C31H30N6O7/c1-3-25(38)37-15-7-8-21(16-37)35-28-26(27(32)20-11-13-23(14-12-20)43-22-9-5-4-6-10-22)29(34-18-33-28)36-30(39)41-17-24-19(2)42-31(40)44-24/h3-6,9-14,18,21,32H,1,7-8,15-17H2,2H3,(H2,33,34,35,36,39)/t21-/m1/s1. The third-order valence-electron chi connectivity index (χ3n) is 6.86. The van der Waals surface area contributed by atoms with E-state index in [1.54, 1.807) is 29.2 Å². The van der Waals surface area contributed by atoms with E-state index in [1.807, 2.05) is 30.3 Å². The van der Waals surface area contributed by atoms with Gasteiger partial charge in [-0.05, 0) is 62.2 Å². The number of rotatable bonds is 10. The highest BCUT2D eigenvalue weighted by atomic mass is 16.6. The van der Waals surface area contributed by atoms with Crippen molar-refractivity contribution in [2.24, 2.45) is 0 Å². The van der Waals surface area contributed by atoms with Crippen molar-refractivity contribution in [2.75, 3.05) is 23.7 Å². The van der Waals surface area contributed by atoms with Crippen molar-refractivity contribution in [2.45, 2.75) is 32.4 Å². The molecule has 3 heterocycles. The van der Waals surface area contributed by atoms with Gasteiger partial charge in [-0.15, -0.1) is 0 Å². The number of carbonyl (C=O) groups excluding carboxylic acids is 2. The van der Waals surface area contributed by atoms with Crippen LogP contribution >= 0.6 is 0 Å². The van der Waals surface area contributed by atoms with Crippen LogP contribution in [-0.4, -0.2) is 51.7 Å². The maximum Gasteiger partial charge on any atom is 0.519 e.